The van der Waals surface area contributed by atoms with Crippen LogP contribution in [0.5, 0.6) is 11.5 Å². The summed E-state index contributed by atoms with van der Waals surface area (Å²) in [6, 6.07) is 17.2. The first kappa shape index (κ1) is 38.8. The van der Waals surface area contributed by atoms with Crippen LogP contribution in [0.2, 0.25) is 0 Å². The molecule has 0 radical (unpaired) electrons. The molecule has 1 amide bonds. The first-order valence-electron chi connectivity index (χ1n) is 17.1. The molecule has 1 aliphatic rings. The first-order chi connectivity index (χ1) is 24.0. The Bertz CT molecular complexity index is 1570. The molecule has 0 saturated carbocycles. The summed E-state index contributed by atoms with van der Waals surface area (Å²) < 4.78 is 0.629. The van der Waals surface area contributed by atoms with E-state index in [0.29, 0.717) is 55.2 Å². The highest BCUT2D eigenvalue weighted by molar-refractivity contribution is 5.94. The topological polar surface area (TPSA) is 180 Å². The van der Waals surface area contributed by atoms with Gasteiger partial charge in [0.2, 0.25) is 12.5 Å². The van der Waals surface area contributed by atoms with Crippen LogP contribution < -0.4 is 5.32 Å². The minimum Gasteiger partial charge on any atom is -0.505 e. The molecular formula is C37H52N5O8+. The van der Waals surface area contributed by atoms with Crippen molar-refractivity contribution in [1.82, 2.24) is 14.7 Å². The number of aromatic hydroxyl groups is 2. The fraction of sp³-hybridized carbons (Fsp3) is 0.486. The van der Waals surface area contributed by atoms with Gasteiger partial charge >= 0.3 is 0 Å². The van der Waals surface area contributed by atoms with Gasteiger partial charge in [0.1, 0.15) is 5.75 Å². The van der Waals surface area contributed by atoms with E-state index in [4.69, 9.17) is 0 Å². The summed E-state index contributed by atoms with van der Waals surface area (Å²) >= 11 is 0. The van der Waals surface area contributed by atoms with Gasteiger partial charge in [0.15, 0.2) is 5.75 Å². The third-order valence-corrected chi connectivity index (χ3v) is 9.16. The maximum atomic E-state index is 13.0. The third-order valence-electron chi connectivity index (χ3n) is 9.16. The zero-order valence-electron chi connectivity index (χ0n) is 29.0. The molecule has 0 atom stereocenters. The average molecular weight is 695 g/mol. The molecule has 7 N–H and O–H groups in total. The van der Waals surface area contributed by atoms with Crippen molar-refractivity contribution in [2.24, 2.45) is 11.8 Å². The van der Waals surface area contributed by atoms with Gasteiger partial charge in [-0.2, -0.15) is 0 Å². The molecule has 1 fully saturated rings. The van der Waals surface area contributed by atoms with Crippen LogP contribution in [0, 0.1) is 30.6 Å². The number of aliphatic hydroxyl groups is 4. The van der Waals surface area contributed by atoms with Crippen LogP contribution in [0.4, 0.5) is 11.4 Å². The SMILES string of the molecule is Cc1cc(CN2CCN(Cc3ccccc3)CCN(Cc3cc(C)cc([N+](=O)CC(CO)CO)c3O)CC2)c(O)c(NC(=O)C(CO)CO)c1. The summed E-state index contributed by atoms with van der Waals surface area (Å²) in [6.07, 6.45) is 0. The van der Waals surface area contributed by atoms with Crippen LogP contribution >= 0.6 is 0 Å². The first-order valence-corrected chi connectivity index (χ1v) is 17.1. The van der Waals surface area contributed by atoms with Gasteiger partial charge in [0, 0.05) is 85.8 Å². The number of phenols is 2. The second-order valence-corrected chi connectivity index (χ2v) is 13.3. The summed E-state index contributed by atoms with van der Waals surface area (Å²) in [5.74, 6) is -2.41. The summed E-state index contributed by atoms with van der Waals surface area (Å²) in [4.78, 5) is 32.4. The van der Waals surface area contributed by atoms with E-state index in [2.05, 4.69) is 32.1 Å². The van der Waals surface area contributed by atoms with E-state index in [0.717, 1.165) is 30.8 Å². The van der Waals surface area contributed by atoms with Crippen molar-refractivity contribution in [3.8, 4) is 11.5 Å². The molecule has 3 aromatic rings. The second kappa shape index (κ2) is 18.9. The van der Waals surface area contributed by atoms with Crippen molar-refractivity contribution in [1.29, 1.82) is 0 Å². The van der Waals surface area contributed by atoms with Crippen LogP contribution in [-0.4, -0.2) is 128 Å². The maximum absolute atomic E-state index is 13.0. The number of carbonyl (C=O) groups is 1. The summed E-state index contributed by atoms with van der Waals surface area (Å²) in [6.45, 7) is 7.55. The quantitative estimate of drug-likeness (QED) is 0.0915. The van der Waals surface area contributed by atoms with Gasteiger partial charge in [-0.25, -0.2) is 0 Å². The zero-order valence-corrected chi connectivity index (χ0v) is 29.0. The molecule has 0 aliphatic carbocycles. The number of benzene rings is 3. The van der Waals surface area contributed by atoms with Gasteiger partial charge in [-0.1, -0.05) is 42.5 Å². The number of carbonyl (C=O) groups excluding carboxylic acids is 1. The van der Waals surface area contributed by atoms with Crippen LogP contribution in [0.1, 0.15) is 27.8 Å². The Morgan fingerprint density at radius 1 is 0.720 bits per heavy atom. The molecule has 0 unspecified atom stereocenters. The van der Waals surface area contributed by atoms with Crippen molar-refractivity contribution in [3.05, 3.63) is 87.3 Å². The summed E-state index contributed by atoms with van der Waals surface area (Å²) in [5.41, 5.74) is 4.37. The van der Waals surface area contributed by atoms with Crippen LogP contribution in [0.25, 0.3) is 0 Å². The Labute approximate surface area is 293 Å². The van der Waals surface area contributed by atoms with Crippen molar-refractivity contribution < 1.29 is 40.2 Å². The van der Waals surface area contributed by atoms with Gasteiger partial charge in [-0.3, -0.25) is 19.5 Å². The lowest BCUT2D eigenvalue weighted by Gasteiger charge is -2.27. The number of nitrogens with zero attached hydrogens (tertiary/aromatic N) is 4. The van der Waals surface area contributed by atoms with Gasteiger partial charge in [0.25, 0.3) is 5.69 Å². The number of rotatable bonds is 15. The lowest BCUT2D eigenvalue weighted by atomic mass is 10.1. The van der Waals surface area contributed by atoms with E-state index in [-0.39, 0.29) is 42.6 Å². The van der Waals surface area contributed by atoms with Crippen LogP contribution in [-0.2, 0) is 24.4 Å². The van der Waals surface area contributed by atoms with E-state index >= 15 is 0 Å². The van der Waals surface area contributed by atoms with Crippen LogP contribution in [0.15, 0.2) is 54.6 Å². The summed E-state index contributed by atoms with van der Waals surface area (Å²) in [5, 5.41) is 63.0. The molecule has 1 aliphatic heterocycles. The Kier molecular flexibility index (Phi) is 14.7. The maximum Gasteiger partial charge on any atom is 0.297 e. The molecule has 272 valence electrons. The number of hydrogen-bond donors (Lipinski definition) is 7. The standard InChI is InChI=1S/C37H51N5O8/c1-26-14-30(35(47)33(16-26)38-37(49)32(24-45)25-46)20-40-10-8-39(18-28-6-4-3-5-7-28)9-11-41(13-12-40)21-31-15-27(2)17-34(36(31)48)42(50)19-29(22-43)23-44/h3-7,14-17,29,32,43-46H,8-13,18-25H2,1-2H3,(H2-,38,47,48,49,50)/p+1. The van der Waals surface area contributed by atoms with Gasteiger partial charge in [0.05, 0.1) is 44.0 Å². The molecule has 13 nitrogen and oxygen atoms in total. The highest BCUT2D eigenvalue weighted by atomic mass is 16.3. The average Bonchev–Trinajstić information content (AvgIpc) is 3.19. The minimum absolute atomic E-state index is 0.0690. The smallest absolute Gasteiger partial charge is 0.297 e. The number of nitrogens with one attached hydrogen (secondary N) is 1. The van der Waals surface area contributed by atoms with E-state index in [1.54, 1.807) is 12.1 Å². The molecular weight excluding hydrogens is 642 g/mol. The lowest BCUT2D eigenvalue weighted by Crippen LogP contribution is -2.35. The molecule has 1 saturated heterocycles. The minimum atomic E-state index is -1.00. The molecule has 3 aromatic carbocycles. The number of nitroso groups, excluding NO2 is 1. The van der Waals surface area contributed by atoms with Gasteiger partial charge in [-0.05, 0) is 36.6 Å². The van der Waals surface area contributed by atoms with Crippen LogP contribution in [0.3, 0.4) is 0 Å². The largest absolute Gasteiger partial charge is 0.505 e. The van der Waals surface area contributed by atoms with Crippen molar-refractivity contribution >= 4 is 17.3 Å². The Morgan fingerprint density at radius 2 is 1.22 bits per heavy atom. The Hall–Kier alpha value is -3.95. The van der Waals surface area contributed by atoms with Crippen molar-refractivity contribution in [2.75, 3.05) is 77.6 Å². The van der Waals surface area contributed by atoms with Crippen molar-refractivity contribution in [2.45, 2.75) is 33.5 Å². The van der Waals surface area contributed by atoms with E-state index < -0.39 is 31.0 Å². The molecule has 1 heterocycles. The fourth-order valence-corrected chi connectivity index (χ4v) is 6.16. The highest BCUT2D eigenvalue weighted by Crippen LogP contribution is 2.34. The number of aryl methyl sites for hydroxylation is 2. The zero-order chi connectivity index (χ0) is 36.2. The van der Waals surface area contributed by atoms with E-state index in [1.165, 1.54) is 5.56 Å². The number of aliphatic hydroxyl groups excluding tert-OH is 4. The molecule has 0 bridgehead atoms. The monoisotopic (exact) mass is 694 g/mol. The summed E-state index contributed by atoms with van der Waals surface area (Å²) in [7, 11) is 0. The fourth-order valence-electron chi connectivity index (χ4n) is 6.16. The predicted octanol–water partition coefficient (Wildman–Crippen LogP) is 2.09. The van der Waals surface area contributed by atoms with E-state index in [9.17, 15) is 40.3 Å². The Balaban J connectivity index is 1.58. The molecule has 4 rings (SSSR count). The number of hydrogen-bond acceptors (Lipinski definition) is 11. The number of anilines is 1. The second-order valence-electron chi connectivity index (χ2n) is 13.3. The number of amides is 1. The van der Waals surface area contributed by atoms with Crippen molar-refractivity contribution in [3.63, 3.8) is 0 Å². The van der Waals surface area contributed by atoms with Gasteiger partial charge < -0.3 is 36.0 Å². The molecule has 0 aromatic heterocycles. The predicted molar refractivity (Wildman–Crippen MR) is 190 cm³/mol. The molecule has 50 heavy (non-hydrogen) atoms. The lowest BCUT2D eigenvalue weighted by molar-refractivity contribution is -0.473. The highest BCUT2D eigenvalue weighted by Gasteiger charge is 2.28. The number of phenolic OH excluding ortho intramolecular Hbond substituents is 2. The normalized spacial score (nSPS) is 15.2. The van der Waals surface area contributed by atoms with Gasteiger partial charge in [-0.15, -0.1) is 0 Å². The van der Waals surface area contributed by atoms with E-state index in [1.807, 2.05) is 44.2 Å². The Morgan fingerprint density at radius 3 is 1.74 bits per heavy atom. The molecule has 13 heteroatoms. The molecule has 0 spiro atoms. The third kappa shape index (κ3) is 10.8.